The van der Waals surface area contributed by atoms with Crippen LogP contribution in [-0.4, -0.2) is 55.6 Å². The zero-order chi connectivity index (χ0) is 18.5. The number of nitrogens with zero attached hydrogens (tertiary/aromatic N) is 3. The maximum absolute atomic E-state index is 12.1. The molecule has 6 nitrogen and oxygen atoms in total. The number of aromatic nitrogens is 1. The molecule has 1 fully saturated rings. The summed E-state index contributed by atoms with van der Waals surface area (Å²) in [4.78, 5) is 21.1. The van der Waals surface area contributed by atoms with Crippen LogP contribution in [-0.2, 0) is 4.79 Å². The first-order chi connectivity index (χ1) is 12.5. The highest BCUT2D eigenvalue weighted by Gasteiger charge is 2.15. The van der Waals surface area contributed by atoms with E-state index in [4.69, 9.17) is 16.3 Å². The molecule has 3 rings (SSSR count). The van der Waals surface area contributed by atoms with Gasteiger partial charge in [-0.3, -0.25) is 4.79 Å². The first-order valence-electron chi connectivity index (χ1n) is 8.28. The van der Waals surface area contributed by atoms with Gasteiger partial charge >= 0.3 is 0 Å². The molecule has 0 spiro atoms. The molecule has 1 aliphatic rings. The standard InChI is InChI=1S/C18H20BrClN4O2/c1-23-6-8-24(9-7-23)17-5-3-14(11-21-17)22-18(25)12-26-16-4-2-13(20)10-15(16)19/h2-5,10-11H,6-9,12H2,1H3,(H,22,25). The van der Waals surface area contributed by atoms with Crippen LogP contribution in [0.1, 0.15) is 0 Å². The van der Waals surface area contributed by atoms with Gasteiger partial charge in [0.1, 0.15) is 11.6 Å². The average molecular weight is 440 g/mol. The van der Waals surface area contributed by atoms with E-state index in [2.05, 4.69) is 43.1 Å². The molecule has 2 heterocycles. The molecule has 1 N–H and O–H groups in total. The van der Waals surface area contributed by atoms with E-state index in [0.717, 1.165) is 32.0 Å². The number of likely N-dealkylation sites (N-methyl/N-ethyl adjacent to an activating group) is 1. The number of hydrogen-bond acceptors (Lipinski definition) is 5. The maximum atomic E-state index is 12.1. The van der Waals surface area contributed by atoms with Crippen molar-refractivity contribution in [3.63, 3.8) is 0 Å². The SMILES string of the molecule is CN1CCN(c2ccc(NC(=O)COc3ccc(Cl)cc3Br)cn2)CC1. The predicted octanol–water partition coefficient (Wildman–Crippen LogP) is 3.27. The van der Waals surface area contributed by atoms with Crippen molar-refractivity contribution in [2.24, 2.45) is 0 Å². The van der Waals surface area contributed by atoms with Crippen molar-refractivity contribution in [1.29, 1.82) is 0 Å². The van der Waals surface area contributed by atoms with E-state index in [1.165, 1.54) is 0 Å². The monoisotopic (exact) mass is 438 g/mol. The lowest BCUT2D eigenvalue weighted by molar-refractivity contribution is -0.118. The third kappa shape index (κ3) is 5.09. The summed E-state index contributed by atoms with van der Waals surface area (Å²) in [5.41, 5.74) is 0.645. The highest BCUT2D eigenvalue weighted by molar-refractivity contribution is 9.10. The molecule has 1 saturated heterocycles. The van der Waals surface area contributed by atoms with Gasteiger partial charge in [-0.15, -0.1) is 0 Å². The number of nitrogens with one attached hydrogen (secondary N) is 1. The number of pyridine rings is 1. The Balaban J connectivity index is 1.51. The zero-order valence-corrected chi connectivity index (χ0v) is 16.8. The normalized spacial score (nSPS) is 15.0. The van der Waals surface area contributed by atoms with Crippen molar-refractivity contribution in [3.8, 4) is 5.75 Å². The summed E-state index contributed by atoms with van der Waals surface area (Å²) in [6.45, 7) is 3.87. The van der Waals surface area contributed by atoms with Gasteiger partial charge in [-0.1, -0.05) is 11.6 Å². The Morgan fingerprint density at radius 3 is 2.69 bits per heavy atom. The number of halogens is 2. The molecule has 138 valence electrons. The molecule has 0 saturated carbocycles. The molecule has 0 aliphatic carbocycles. The van der Waals surface area contributed by atoms with Gasteiger partial charge < -0.3 is 19.9 Å². The van der Waals surface area contributed by atoms with Crippen molar-refractivity contribution < 1.29 is 9.53 Å². The Morgan fingerprint density at radius 2 is 2.04 bits per heavy atom. The van der Waals surface area contributed by atoms with Gasteiger partial charge in [0.05, 0.1) is 16.4 Å². The summed E-state index contributed by atoms with van der Waals surface area (Å²) in [6, 6.07) is 8.93. The summed E-state index contributed by atoms with van der Waals surface area (Å²) in [5.74, 6) is 1.24. The number of carbonyl (C=O) groups is 1. The summed E-state index contributed by atoms with van der Waals surface area (Å²) in [7, 11) is 2.12. The van der Waals surface area contributed by atoms with Crippen LogP contribution in [0.4, 0.5) is 11.5 Å². The zero-order valence-electron chi connectivity index (χ0n) is 14.4. The van der Waals surface area contributed by atoms with Gasteiger partial charge in [0.15, 0.2) is 6.61 Å². The molecule has 0 radical (unpaired) electrons. The molecule has 8 heteroatoms. The number of rotatable bonds is 5. The van der Waals surface area contributed by atoms with Crippen LogP contribution in [0.15, 0.2) is 41.0 Å². The number of anilines is 2. The summed E-state index contributed by atoms with van der Waals surface area (Å²) < 4.78 is 6.21. The first-order valence-corrected chi connectivity index (χ1v) is 9.45. The lowest BCUT2D eigenvalue weighted by atomic mass is 10.3. The molecule has 2 aromatic rings. The first kappa shape index (κ1) is 18.9. The number of benzene rings is 1. The minimum Gasteiger partial charge on any atom is -0.483 e. The van der Waals surface area contributed by atoms with Crippen LogP contribution >= 0.6 is 27.5 Å². The van der Waals surface area contributed by atoms with Crippen molar-refractivity contribution in [1.82, 2.24) is 9.88 Å². The van der Waals surface area contributed by atoms with E-state index in [1.807, 2.05) is 12.1 Å². The van der Waals surface area contributed by atoms with Crippen molar-refractivity contribution in [2.45, 2.75) is 0 Å². The van der Waals surface area contributed by atoms with Gasteiger partial charge in [-0.25, -0.2) is 4.98 Å². The molecule has 1 aromatic carbocycles. The van der Waals surface area contributed by atoms with Gasteiger partial charge in [0, 0.05) is 31.2 Å². The fraction of sp³-hybridized carbons (Fsp3) is 0.333. The van der Waals surface area contributed by atoms with Gasteiger partial charge in [0.25, 0.3) is 5.91 Å². The van der Waals surface area contributed by atoms with E-state index in [-0.39, 0.29) is 12.5 Å². The number of carbonyl (C=O) groups excluding carboxylic acids is 1. The maximum Gasteiger partial charge on any atom is 0.262 e. The van der Waals surface area contributed by atoms with Gasteiger partial charge in [0.2, 0.25) is 0 Å². The fourth-order valence-electron chi connectivity index (χ4n) is 2.62. The Labute approximate surface area is 166 Å². The summed E-state index contributed by atoms with van der Waals surface area (Å²) >= 11 is 9.24. The van der Waals surface area contributed by atoms with Gasteiger partial charge in [-0.2, -0.15) is 0 Å². The van der Waals surface area contributed by atoms with Crippen molar-refractivity contribution in [2.75, 3.05) is 50.1 Å². The lowest BCUT2D eigenvalue weighted by Crippen LogP contribution is -2.44. The summed E-state index contributed by atoms with van der Waals surface area (Å²) in [6.07, 6.45) is 1.67. The number of hydrogen-bond donors (Lipinski definition) is 1. The van der Waals surface area contributed by atoms with Crippen LogP contribution in [0.5, 0.6) is 5.75 Å². The number of piperazine rings is 1. The van der Waals surface area contributed by atoms with Crippen molar-refractivity contribution >= 4 is 44.9 Å². The molecule has 26 heavy (non-hydrogen) atoms. The smallest absolute Gasteiger partial charge is 0.262 e. The molecule has 0 atom stereocenters. The van der Waals surface area contributed by atoms with Crippen LogP contribution in [0, 0.1) is 0 Å². The second-order valence-electron chi connectivity index (χ2n) is 6.11. The van der Waals surface area contributed by atoms with Crippen LogP contribution in [0.2, 0.25) is 5.02 Å². The highest BCUT2D eigenvalue weighted by atomic mass is 79.9. The summed E-state index contributed by atoms with van der Waals surface area (Å²) in [5, 5.41) is 3.38. The largest absolute Gasteiger partial charge is 0.483 e. The Kier molecular flexibility index (Phi) is 6.34. The Bertz CT molecular complexity index is 764. The predicted molar refractivity (Wildman–Crippen MR) is 107 cm³/mol. The van der Waals surface area contributed by atoms with Crippen LogP contribution < -0.4 is 15.0 Å². The topological polar surface area (TPSA) is 57.7 Å². The average Bonchev–Trinajstić information content (AvgIpc) is 2.62. The van der Waals surface area contributed by atoms with Crippen LogP contribution in [0.3, 0.4) is 0 Å². The minimum atomic E-state index is -0.249. The lowest BCUT2D eigenvalue weighted by Gasteiger charge is -2.33. The van der Waals surface area contributed by atoms with Crippen LogP contribution in [0.25, 0.3) is 0 Å². The van der Waals surface area contributed by atoms with E-state index in [9.17, 15) is 4.79 Å². The quantitative estimate of drug-likeness (QED) is 0.775. The molecule has 0 unspecified atom stereocenters. The Hall–Kier alpha value is -1.83. The fourth-order valence-corrected chi connectivity index (χ4v) is 3.41. The van der Waals surface area contributed by atoms with Gasteiger partial charge in [-0.05, 0) is 53.3 Å². The molecule has 1 aliphatic heterocycles. The third-order valence-electron chi connectivity index (χ3n) is 4.11. The van der Waals surface area contributed by atoms with E-state index >= 15 is 0 Å². The second-order valence-corrected chi connectivity index (χ2v) is 7.40. The molecule has 1 amide bonds. The van der Waals surface area contributed by atoms with E-state index < -0.39 is 0 Å². The van der Waals surface area contributed by atoms with Crippen molar-refractivity contribution in [3.05, 3.63) is 46.0 Å². The van der Waals surface area contributed by atoms with E-state index in [1.54, 1.807) is 24.4 Å². The molecular weight excluding hydrogens is 420 g/mol. The Morgan fingerprint density at radius 1 is 1.27 bits per heavy atom. The van der Waals surface area contributed by atoms with E-state index in [0.29, 0.717) is 20.9 Å². The number of ether oxygens (including phenoxy) is 1. The number of amides is 1. The molecular formula is C18H20BrClN4O2. The molecule has 0 bridgehead atoms. The third-order valence-corrected chi connectivity index (χ3v) is 4.97. The highest BCUT2D eigenvalue weighted by Crippen LogP contribution is 2.27. The second kappa shape index (κ2) is 8.70. The molecule has 1 aromatic heterocycles. The minimum absolute atomic E-state index is 0.0968.